The maximum Gasteiger partial charge on any atom is 0.0264 e. The van der Waals surface area contributed by atoms with Gasteiger partial charge in [0.2, 0.25) is 0 Å². The summed E-state index contributed by atoms with van der Waals surface area (Å²) in [5.41, 5.74) is 1.41. The molecular weight excluding hydrogens is 194 g/mol. The Balaban J connectivity index is 1.88. The molecule has 14 heavy (non-hydrogen) atoms. The number of benzene rings is 1. The summed E-state index contributed by atoms with van der Waals surface area (Å²) in [6, 6.07) is 10.6. The van der Waals surface area contributed by atoms with Gasteiger partial charge in [-0.1, -0.05) is 30.3 Å². The highest BCUT2D eigenvalue weighted by Crippen LogP contribution is 2.19. The van der Waals surface area contributed by atoms with E-state index in [4.69, 9.17) is 11.6 Å². The average molecular weight is 210 g/mol. The van der Waals surface area contributed by atoms with E-state index in [-0.39, 0.29) is 0 Å². The van der Waals surface area contributed by atoms with Gasteiger partial charge >= 0.3 is 0 Å². The molecular formula is C12H16ClN. The molecule has 0 spiro atoms. The minimum atomic E-state index is 0.709. The Bertz CT molecular complexity index is 273. The van der Waals surface area contributed by atoms with Crippen LogP contribution < -0.4 is 0 Å². The lowest BCUT2D eigenvalue weighted by atomic mass is 10.2. The van der Waals surface area contributed by atoms with Gasteiger partial charge in [0.1, 0.15) is 0 Å². The molecule has 2 rings (SSSR count). The van der Waals surface area contributed by atoms with Gasteiger partial charge in [0, 0.05) is 19.0 Å². The number of hydrogen-bond acceptors (Lipinski definition) is 1. The molecule has 0 aliphatic carbocycles. The van der Waals surface area contributed by atoms with Gasteiger partial charge in [-0.2, -0.15) is 0 Å². The zero-order valence-electron chi connectivity index (χ0n) is 8.32. The largest absolute Gasteiger partial charge is 0.299 e. The number of likely N-dealkylation sites (tertiary alicyclic amines) is 1. The molecule has 76 valence electrons. The highest BCUT2D eigenvalue weighted by atomic mass is 35.5. The van der Waals surface area contributed by atoms with Crippen LogP contribution in [0.2, 0.25) is 0 Å². The third kappa shape index (κ3) is 2.49. The molecule has 1 aromatic carbocycles. The first-order chi connectivity index (χ1) is 6.88. The second-order valence-corrected chi connectivity index (χ2v) is 4.34. The van der Waals surface area contributed by atoms with Crippen molar-refractivity contribution in [3.63, 3.8) is 0 Å². The first-order valence-electron chi connectivity index (χ1n) is 5.20. The Morgan fingerprint density at radius 2 is 2.07 bits per heavy atom. The van der Waals surface area contributed by atoms with Crippen molar-refractivity contribution in [3.8, 4) is 0 Å². The van der Waals surface area contributed by atoms with Crippen LogP contribution in [0.3, 0.4) is 0 Å². The molecule has 1 nitrogen and oxygen atoms in total. The molecule has 1 atom stereocenters. The fourth-order valence-corrected chi connectivity index (χ4v) is 2.28. The predicted octanol–water partition coefficient (Wildman–Crippen LogP) is 2.75. The Morgan fingerprint density at radius 1 is 1.29 bits per heavy atom. The Kier molecular flexibility index (Phi) is 3.44. The van der Waals surface area contributed by atoms with Gasteiger partial charge in [-0.05, 0) is 24.4 Å². The monoisotopic (exact) mass is 209 g/mol. The van der Waals surface area contributed by atoms with Gasteiger partial charge in [-0.25, -0.2) is 0 Å². The number of alkyl halides is 1. The Labute approximate surface area is 90.7 Å². The first-order valence-corrected chi connectivity index (χ1v) is 5.74. The average Bonchev–Trinajstić information content (AvgIpc) is 2.67. The highest BCUT2D eigenvalue weighted by molar-refractivity contribution is 6.18. The summed E-state index contributed by atoms with van der Waals surface area (Å²) in [5.74, 6) is 1.52. The third-order valence-electron chi connectivity index (χ3n) is 2.84. The van der Waals surface area contributed by atoms with Gasteiger partial charge in [0.15, 0.2) is 0 Å². The molecule has 0 saturated carbocycles. The van der Waals surface area contributed by atoms with Crippen LogP contribution in [-0.2, 0) is 6.54 Å². The summed E-state index contributed by atoms with van der Waals surface area (Å²) in [7, 11) is 0. The molecule has 0 amide bonds. The molecule has 1 unspecified atom stereocenters. The second-order valence-electron chi connectivity index (χ2n) is 4.03. The maximum absolute atomic E-state index is 5.85. The van der Waals surface area contributed by atoms with Crippen LogP contribution in [0.15, 0.2) is 30.3 Å². The molecule has 1 aliphatic heterocycles. The molecule has 1 saturated heterocycles. The van der Waals surface area contributed by atoms with Crippen LogP contribution in [0.1, 0.15) is 12.0 Å². The summed E-state index contributed by atoms with van der Waals surface area (Å²) < 4.78 is 0. The number of hydrogen-bond donors (Lipinski definition) is 0. The number of rotatable bonds is 3. The topological polar surface area (TPSA) is 3.24 Å². The van der Waals surface area contributed by atoms with Crippen molar-refractivity contribution in [2.24, 2.45) is 5.92 Å². The minimum absolute atomic E-state index is 0.709. The van der Waals surface area contributed by atoms with Gasteiger partial charge in [0.25, 0.3) is 0 Å². The van der Waals surface area contributed by atoms with Crippen molar-refractivity contribution in [1.29, 1.82) is 0 Å². The molecule has 1 aromatic rings. The minimum Gasteiger partial charge on any atom is -0.299 e. The molecule has 2 heteroatoms. The van der Waals surface area contributed by atoms with Crippen LogP contribution >= 0.6 is 11.6 Å². The highest BCUT2D eigenvalue weighted by Gasteiger charge is 2.21. The van der Waals surface area contributed by atoms with Crippen LogP contribution in [0.25, 0.3) is 0 Å². The Hall–Kier alpha value is -0.530. The zero-order valence-corrected chi connectivity index (χ0v) is 9.08. The van der Waals surface area contributed by atoms with Crippen molar-refractivity contribution in [1.82, 2.24) is 4.90 Å². The van der Waals surface area contributed by atoms with Crippen molar-refractivity contribution in [3.05, 3.63) is 35.9 Å². The van der Waals surface area contributed by atoms with Crippen molar-refractivity contribution < 1.29 is 0 Å². The van der Waals surface area contributed by atoms with Crippen LogP contribution in [0.5, 0.6) is 0 Å². The summed E-state index contributed by atoms with van der Waals surface area (Å²) in [6.07, 6.45) is 1.26. The normalized spacial score (nSPS) is 22.8. The van der Waals surface area contributed by atoms with Gasteiger partial charge < -0.3 is 0 Å². The predicted molar refractivity (Wildman–Crippen MR) is 60.5 cm³/mol. The molecule has 1 aliphatic rings. The molecule has 1 fully saturated rings. The smallest absolute Gasteiger partial charge is 0.0264 e. The van der Waals surface area contributed by atoms with E-state index in [2.05, 4.69) is 35.2 Å². The molecule has 0 bridgehead atoms. The lowest BCUT2D eigenvalue weighted by molar-refractivity contribution is 0.321. The van der Waals surface area contributed by atoms with Gasteiger partial charge in [-0.15, -0.1) is 11.6 Å². The van der Waals surface area contributed by atoms with Crippen molar-refractivity contribution >= 4 is 11.6 Å². The summed E-state index contributed by atoms with van der Waals surface area (Å²) in [4.78, 5) is 2.49. The van der Waals surface area contributed by atoms with E-state index in [1.807, 2.05) is 0 Å². The summed E-state index contributed by atoms with van der Waals surface area (Å²) in [5, 5.41) is 0. The fourth-order valence-electron chi connectivity index (χ4n) is 2.02. The van der Waals surface area contributed by atoms with E-state index >= 15 is 0 Å². The molecule has 0 aromatic heterocycles. The van der Waals surface area contributed by atoms with E-state index in [9.17, 15) is 0 Å². The lowest BCUT2D eigenvalue weighted by Gasteiger charge is -2.15. The van der Waals surface area contributed by atoms with Crippen LogP contribution in [0.4, 0.5) is 0 Å². The van der Waals surface area contributed by atoms with Gasteiger partial charge in [-0.3, -0.25) is 4.90 Å². The van der Waals surface area contributed by atoms with Crippen LogP contribution in [-0.4, -0.2) is 23.9 Å². The zero-order chi connectivity index (χ0) is 9.80. The van der Waals surface area contributed by atoms with E-state index < -0.39 is 0 Å². The third-order valence-corrected chi connectivity index (χ3v) is 3.27. The number of halogens is 1. The molecule has 0 N–H and O–H groups in total. The van der Waals surface area contributed by atoms with E-state index in [0.29, 0.717) is 5.92 Å². The quantitative estimate of drug-likeness (QED) is 0.692. The van der Waals surface area contributed by atoms with E-state index in [1.165, 1.54) is 25.1 Å². The standard InChI is InChI=1S/C12H16ClN/c13-8-12-6-7-14(10-12)9-11-4-2-1-3-5-11/h1-5,12H,6-10H2. The summed E-state index contributed by atoms with van der Waals surface area (Å²) in [6.45, 7) is 3.44. The van der Waals surface area contributed by atoms with Crippen molar-refractivity contribution in [2.45, 2.75) is 13.0 Å². The van der Waals surface area contributed by atoms with Crippen molar-refractivity contribution in [2.75, 3.05) is 19.0 Å². The van der Waals surface area contributed by atoms with Gasteiger partial charge in [0.05, 0.1) is 0 Å². The fraction of sp³-hybridized carbons (Fsp3) is 0.500. The second kappa shape index (κ2) is 4.81. The first kappa shape index (κ1) is 10.0. The maximum atomic E-state index is 5.85. The number of nitrogens with zero attached hydrogens (tertiary/aromatic N) is 1. The SMILES string of the molecule is ClCC1CCN(Cc2ccccc2)C1. The Morgan fingerprint density at radius 3 is 2.71 bits per heavy atom. The lowest BCUT2D eigenvalue weighted by Crippen LogP contribution is -2.20. The molecule has 0 radical (unpaired) electrons. The van der Waals surface area contributed by atoms with Crippen LogP contribution in [0, 0.1) is 5.92 Å². The summed E-state index contributed by atoms with van der Waals surface area (Å²) >= 11 is 5.85. The molecule has 1 heterocycles. The van der Waals surface area contributed by atoms with E-state index in [0.717, 1.165) is 12.4 Å². The van der Waals surface area contributed by atoms with E-state index in [1.54, 1.807) is 0 Å².